The first-order valence-electron chi connectivity index (χ1n) is 7.60. The number of hydrogen-bond donors (Lipinski definition) is 1. The van der Waals surface area contributed by atoms with E-state index in [0.29, 0.717) is 6.10 Å². The molecule has 0 bridgehead atoms. The lowest BCUT2D eigenvalue weighted by Crippen LogP contribution is -2.41. The molecule has 2 aliphatic carbocycles. The van der Waals surface area contributed by atoms with Crippen LogP contribution in [0.2, 0.25) is 0 Å². The van der Waals surface area contributed by atoms with Crippen LogP contribution < -0.4 is 5.32 Å². The normalized spacial score (nSPS) is 35.3. The lowest BCUT2D eigenvalue weighted by atomic mass is 9.80. The summed E-state index contributed by atoms with van der Waals surface area (Å²) in [5.74, 6) is 1.75. The second kappa shape index (κ2) is 6.75. The largest absolute Gasteiger partial charge is 0.377 e. The maximum absolute atomic E-state index is 5.89. The molecule has 100 valence electrons. The minimum Gasteiger partial charge on any atom is -0.377 e. The van der Waals surface area contributed by atoms with Gasteiger partial charge in [-0.1, -0.05) is 33.1 Å². The second-order valence-electron chi connectivity index (χ2n) is 6.23. The summed E-state index contributed by atoms with van der Waals surface area (Å²) < 4.78 is 5.89. The smallest absolute Gasteiger partial charge is 0.0594 e. The Morgan fingerprint density at radius 3 is 2.59 bits per heavy atom. The summed E-state index contributed by atoms with van der Waals surface area (Å²) in [6, 6.07) is 0.728. The number of hydrogen-bond acceptors (Lipinski definition) is 2. The van der Waals surface area contributed by atoms with E-state index in [2.05, 4.69) is 19.2 Å². The fourth-order valence-corrected chi connectivity index (χ4v) is 3.34. The standard InChI is InChI=1S/C15H29NO/c1-12-7-8-13(2)15(11-12)16-9-10-17-14-5-3-4-6-14/h12-16H,3-11H2,1-2H3. The SMILES string of the molecule is CC1CCC(C)C(NCCOC2CCCC2)C1. The molecule has 17 heavy (non-hydrogen) atoms. The first kappa shape index (κ1) is 13.4. The molecule has 0 radical (unpaired) electrons. The molecule has 2 aliphatic rings. The van der Waals surface area contributed by atoms with Crippen LogP contribution in [0.3, 0.4) is 0 Å². The Labute approximate surface area is 107 Å². The quantitative estimate of drug-likeness (QED) is 0.743. The van der Waals surface area contributed by atoms with Gasteiger partial charge in [0.2, 0.25) is 0 Å². The zero-order valence-electron chi connectivity index (χ0n) is 11.6. The molecule has 2 nitrogen and oxygen atoms in total. The van der Waals surface area contributed by atoms with Crippen molar-refractivity contribution >= 4 is 0 Å². The van der Waals surface area contributed by atoms with E-state index < -0.39 is 0 Å². The van der Waals surface area contributed by atoms with Gasteiger partial charge in [0.25, 0.3) is 0 Å². The number of nitrogens with one attached hydrogen (secondary N) is 1. The van der Waals surface area contributed by atoms with Crippen LogP contribution in [0.4, 0.5) is 0 Å². The molecular formula is C15H29NO. The van der Waals surface area contributed by atoms with Gasteiger partial charge in [0.1, 0.15) is 0 Å². The summed E-state index contributed by atoms with van der Waals surface area (Å²) in [7, 11) is 0. The molecule has 0 saturated heterocycles. The van der Waals surface area contributed by atoms with Gasteiger partial charge < -0.3 is 10.1 Å². The van der Waals surface area contributed by atoms with E-state index in [1.54, 1.807) is 0 Å². The van der Waals surface area contributed by atoms with Crippen molar-refractivity contribution in [3.63, 3.8) is 0 Å². The topological polar surface area (TPSA) is 21.3 Å². The highest BCUT2D eigenvalue weighted by molar-refractivity contribution is 4.81. The first-order valence-corrected chi connectivity index (χ1v) is 7.60. The third-order valence-corrected chi connectivity index (χ3v) is 4.62. The van der Waals surface area contributed by atoms with E-state index in [0.717, 1.165) is 31.0 Å². The van der Waals surface area contributed by atoms with Gasteiger partial charge in [0, 0.05) is 12.6 Å². The van der Waals surface area contributed by atoms with Gasteiger partial charge in [-0.15, -0.1) is 0 Å². The summed E-state index contributed by atoms with van der Waals surface area (Å²) in [6.07, 6.45) is 10.0. The van der Waals surface area contributed by atoms with Gasteiger partial charge in [-0.3, -0.25) is 0 Å². The first-order chi connectivity index (χ1) is 8.25. The Kier molecular flexibility index (Phi) is 5.30. The van der Waals surface area contributed by atoms with Gasteiger partial charge in [0.15, 0.2) is 0 Å². The van der Waals surface area contributed by atoms with E-state index in [-0.39, 0.29) is 0 Å². The zero-order chi connectivity index (χ0) is 12.1. The average molecular weight is 239 g/mol. The zero-order valence-corrected chi connectivity index (χ0v) is 11.6. The van der Waals surface area contributed by atoms with Crippen LogP contribution in [0, 0.1) is 11.8 Å². The predicted octanol–water partition coefficient (Wildman–Crippen LogP) is 3.36. The lowest BCUT2D eigenvalue weighted by molar-refractivity contribution is 0.0565. The van der Waals surface area contributed by atoms with E-state index in [1.807, 2.05) is 0 Å². The molecule has 3 unspecified atom stereocenters. The minimum absolute atomic E-state index is 0.569. The van der Waals surface area contributed by atoms with Gasteiger partial charge in [-0.2, -0.15) is 0 Å². The Morgan fingerprint density at radius 2 is 1.82 bits per heavy atom. The third-order valence-electron chi connectivity index (χ3n) is 4.62. The second-order valence-corrected chi connectivity index (χ2v) is 6.23. The molecular weight excluding hydrogens is 210 g/mol. The van der Waals surface area contributed by atoms with Gasteiger partial charge >= 0.3 is 0 Å². The van der Waals surface area contributed by atoms with Gasteiger partial charge in [0.05, 0.1) is 12.7 Å². The highest BCUT2D eigenvalue weighted by atomic mass is 16.5. The highest BCUT2D eigenvalue weighted by Gasteiger charge is 2.24. The lowest BCUT2D eigenvalue weighted by Gasteiger charge is -2.33. The molecule has 3 atom stereocenters. The minimum atomic E-state index is 0.569. The fraction of sp³-hybridized carbons (Fsp3) is 1.00. The third kappa shape index (κ3) is 4.26. The molecule has 1 N–H and O–H groups in total. The molecule has 0 heterocycles. The van der Waals surface area contributed by atoms with Crippen LogP contribution >= 0.6 is 0 Å². The van der Waals surface area contributed by atoms with Crippen molar-refractivity contribution < 1.29 is 4.74 Å². The molecule has 0 aromatic carbocycles. The molecule has 0 spiro atoms. The van der Waals surface area contributed by atoms with Crippen molar-refractivity contribution in [1.29, 1.82) is 0 Å². The summed E-state index contributed by atoms with van der Waals surface area (Å²) in [5.41, 5.74) is 0. The van der Waals surface area contributed by atoms with Crippen LogP contribution in [0.15, 0.2) is 0 Å². The Morgan fingerprint density at radius 1 is 1.06 bits per heavy atom. The van der Waals surface area contributed by atoms with E-state index in [4.69, 9.17) is 4.74 Å². The van der Waals surface area contributed by atoms with E-state index in [9.17, 15) is 0 Å². The molecule has 0 aliphatic heterocycles. The van der Waals surface area contributed by atoms with E-state index >= 15 is 0 Å². The summed E-state index contributed by atoms with van der Waals surface area (Å²) in [5, 5.41) is 3.70. The number of rotatable bonds is 5. The van der Waals surface area contributed by atoms with Crippen molar-refractivity contribution in [3.05, 3.63) is 0 Å². The molecule has 0 aromatic rings. The van der Waals surface area contributed by atoms with Crippen molar-refractivity contribution in [3.8, 4) is 0 Å². The van der Waals surface area contributed by atoms with Crippen LogP contribution in [0.5, 0.6) is 0 Å². The Hall–Kier alpha value is -0.0800. The summed E-state index contributed by atoms with van der Waals surface area (Å²) in [6.45, 7) is 6.72. The molecule has 0 amide bonds. The van der Waals surface area contributed by atoms with Crippen molar-refractivity contribution in [1.82, 2.24) is 5.32 Å². The maximum atomic E-state index is 5.89. The van der Waals surface area contributed by atoms with Crippen LogP contribution in [0.1, 0.15) is 58.8 Å². The van der Waals surface area contributed by atoms with Crippen molar-refractivity contribution in [2.45, 2.75) is 70.9 Å². The monoisotopic (exact) mass is 239 g/mol. The summed E-state index contributed by atoms with van der Waals surface area (Å²) in [4.78, 5) is 0. The molecule has 0 aromatic heterocycles. The van der Waals surface area contributed by atoms with E-state index in [1.165, 1.54) is 44.9 Å². The Balaban J connectivity index is 1.57. The fourth-order valence-electron chi connectivity index (χ4n) is 3.34. The van der Waals surface area contributed by atoms with Crippen molar-refractivity contribution in [2.24, 2.45) is 11.8 Å². The van der Waals surface area contributed by atoms with Crippen LogP contribution in [-0.2, 0) is 4.74 Å². The highest BCUT2D eigenvalue weighted by Crippen LogP contribution is 2.28. The molecule has 2 saturated carbocycles. The van der Waals surface area contributed by atoms with Gasteiger partial charge in [-0.05, 0) is 37.5 Å². The Bertz CT molecular complexity index is 213. The molecule has 2 heteroatoms. The number of ether oxygens (including phenoxy) is 1. The average Bonchev–Trinajstić information content (AvgIpc) is 2.82. The maximum Gasteiger partial charge on any atom is 0.0594 e. The molecule has 2 fully saturated rings. The summed E-state index contributed by atoms with van der Waals surface area (Å²) >= 11 is 0. The molecule has 2 rings (SSSR count). The van der Waals surface area contributed by atoms with Gasteiger partial charge in [-0.25, -0.2) is 0 Å². The van der Waals surface area contributed by atoms with Crippen molar-refractivity contribution in [2.75, 3.05) is 13.2 Å². The van der Waals surface area contributed by atoms with Crippen LogP contribution in [-0.4, -0.2) is 25.3 Å². The predicted molar refractivity (Wildman–Crippen MR) is 72.2 cm³/mol. The van der Waals surface area contributed by atoms with Crippen LogP contribution in [0.25, 0.3) is 0 Å².